The van der Waals surface area contributed by atoms with Gasteiger partial charge in [-0.15, -0.1) is 0 Å². The van der Waals surface area contributed by atoms with E-state index in [0.717, 1.165) is 6.07 Å². The van der Waals surface area contributed by atoms with Gasteiger partial charge in [-0.3, -0.25) is 19.2 Å². The molecule has 31 heavy (non-hydrogen) atoms. The first-order chi connectivity index (χ1) is 14.0. The van der Waals surface area contributed by atoms with Crippen LogP contribution in [-0.4, -0.2) is 38.5 Å². The molecule has 0 aromatic heterocycles. The zero-order chi connectivity index (χ0) is 24.2. The lowest BCUT2D eigenvalue weighted by atomic mass is 9.54. The summed E-state index contributed by atoms with van der Waals surface area (Å²) in [6.07, 6.45) is 0. The maximum absolute atomic E-state index is 13.4. The Morgan fingerprint density at radius 2 is 1.32 bits per heavy atom. The zero-order valence-electron chi connectivity index (χ0n) is 19.4. The molecule has 170 valence electrons. The number of hydrogen-bond donors (Lipinski definition) is 3. The van der Waals surface area contributed by atoms with Crippen LogP contribution in [0.1, 0.15) is 77.2 Å². The third-order valence-corrected chi connectivity index (χ3v) is 6.41. The van der Waals surface area contributed by atoms with Crippen molar-refractivity contribution in [3.05, 3.63) is 17.2 Å². The van der Waals surface area contributed by atoms with Gasteiger partial charge in [0, 0.05) is 23.5 Å². The van der Waals surface area contributed by atoms with E-state index in [0.29, 0.717) is 0 Å². The van der Waals surface area contributed by atoms with Gasteiger partial charge in [-0.25, -0.2) is 0 Å². The van der Waals surface area contributed by atoms with Crippen molar-refractivity contribution in [1.82, 2.24) is 0 Å². The van der Waals surface area contributed by atoms with E-state index in [1.807, 2.05) is 0 Å². The molecule has 7 nitrogen and oxygen atoms in total. The highest BCUT2D eigenvalue weighted by atomic mass is 16.3. The van der Waals surface area contributed by atoms with Crippen molar-refractivity contribution in [2.75, 3.05) is 0 Å². The number of phenolic OH excluding ortho intramolecular Hbond substituents is 3. The van der Waals surface area contributed by atoms with E-state index in [9.17, 15) is 34.5 Å². The molecule has 0 heterocycles. The molecule has 0 amide bonds. The summed E-state index contributed by atoms with van der Waals surface area (Å²) < 4.78 is 0. The SMILES string of the molecule is CC(C)C(=O)c1c(O)cc(O)c([C@@H](C(C)C)C2C(=O)C(C)(C)C(=O)C(C)(C)C2=O)c1O. The van der Waals surface area contributed by atoms with Crippen LogP contribution in [0.3, 0.4) is 0 Å². The smallest absolute Gasteiger partial charge is 0.172 e. The molecule has 0 spiro atoms. The summed E-state index contributed by atoms with van der Waals surface area (Å²) in [5.74, 6) is -7.28. The van der Waals surface area contributed by atoms with E-state index in [4.69, 9.17) is 0 Å². The van der Waals surface area contributed by atoms with E-state index in [1.54, 1.807) is 27.7 Å². The van der Waals surface area contributed by atoms with Crippen LogP contribution in [0, 0.1) is 28.6 Å². The Bertz CT molecular complexity index is 937. The van der Waals surface area contributed by atoms with Gasteiger partial charge in [0.2, 0.25) is 0 Å². The van der Waals surface area contributed by atoms with Crippen LogP contribution in [0.25, 0.3) is 0 Å². The second-order valence-corrected chi connectivity index (χ2v) is 10.1. The largest absolute Gasteiger partial charge is 0.507 e. The van der Waals surface area contributed by atoms with E-state index >= 15 is 0 Å². The average molecular weight is 433 g/mol. The summed E-state index contributed by atoms with van der Waals surface area (Å²) in [6, 6.07) is 0.944. The Morgan fingerprint density at radius 1 is 0.871 bits per heavy atom. The lowest BCUT2D eigenvalue weighted by molar-refractivity contribution is -0.161. The number of phenols is 3. The first-order valence-electron chi connectivity index (χ1n) is 10.4. The van der Waals surface area contributed by atoms with Gasteiger partial charge >= 0.3 is 0 Å². The summed E-state index contributed by atoms with van der Waals surface area (Å²) in [5.41, 5.74) is -3.38. The Balaban J connectivity index is 2.85. The quantitative estimate of drug-likeness (QED) is 0.477. The molecule has 0 saturated heterocycles. The van der Waals surface area contributed by atoms with Gasteiger partial charge in [-0.2, -0.15) is 0 Å². The molecule has 1 fully saturated rings. The van der Waals surface area contributed by atoms with Crippen LogP contribution in [0.15, 0.2) is 6.07 Å². The predicted molar refractivity (Wildman–Crippen MR) is 114 cm³/mol. The summed E-state index contributed by atoms with van der Waals surface area (Å²) >= 11 is 0. The number of rotatable bonds is 5. The Hall–Kier alpha value is -2.70. The van der Waals surface area contributed by atoms with Crippen molar-refractivity contribution < 1.29 is 34.5 Å². The molecule has 1 atom stereocenters. The number of aromatic hydroxyl groups is 3. The number of carbonyl (C=O) groups excluding carboxylic acids is 4. The third kappa shape index (κ3) is 3.64. The molecule has 0 aliphatic heterocycles. The summed E-state index contributed by atoms with van der Waals surface area (Å²) in [7, 11) is 0. The van der Waals surface area contributed by atoms with Crippen LogP contribution in [0.5, 0.6) is 17.2 Å². The maximum atomic E-state index is 13.4. The average Bonchev–Trinajstić information content (AvgIpc) is 2.64. The highest BCUT2D eigenvalue weighted by molar-refractivity contribution is 6.28. The summed E-state index contributed by atoms with van der Waals surface area (Å²) in [6.45, 7) is 12.5. The Labute approximate surface area is 182 Å². The fraction of sp³-hybridized carbons (Fsp3) is 0.583. The van der Waals surface area contributed by atoms with Crippen LogP contribution in [0.4, 0.5) is 0 Å². The van der Waals surface area contributed by atoms with Crippen molar-refractivity contribution in [3.63, 3.8) is 0 Å². The minimum atomic E-state index is -1.44. The molecule has 0 unspecified atom stereocenters. The van der Waals surface area contributed by atoms with Crippen molar-refractivity contribution in [1.29, 1.82) is 0 Å². The number of Topliss-reactive ketones (excluding diaryl/α,β-unsaturated/α-hetero) is 4. The van der Waals surface area contributed by atoms with Gasteiger partial charge < -0.3 is 15.3 Å². The molecule has 1 saturated carbocycles. The molecule has 1 aromatic rings. The molecule has 0 bridgehead atoms. The second-order valence-electron chi connectivity index (χ2n) is 10.1. The third-order valence-electron chi connectivity index (χ3n) is 6.41. The number of hydrogen-bond acceptors (Lipinski definition) is 7. The summed E-state index contributed by atoms with van der Waals surface area (Å²) in [5, 5.41) is 31.8. The highest BCUT2D eigenvalue weighted by Gasteiger charge is 2.60. The van der Waals surface area contributed by atoms with E-state index in [1.165, 1.54) is 27.7 Å². The van der Waals surface area contributed by atoms with Crippen molar-refractivity contribution in [2.45, 2.75) is 61.3 Å². The topological polar surface area (TPSA) is 129 Å². The van der Waals surface area contributed by atoms with Gasteiger partial charge in [0.1, 0.15) is 22.8 Å². The fourth-order valence-electron chi connectivity index (χ4n) is 4.63. The van der Waals surface area contributed by atoms with Crippen molar-refractivity contribution in [3.8, 4) is 17.2 Å². The van der Waals surface area contributed by atoms with E-state index < -0.39 is 74.9 Å². The molecular formula is C24H32O7. The molecule has 1 aliphatic rings. The maximum Gasteiger partial charge on any atom is 0.172 e. The van der Waals surface area contributed by atoms with Crippen molar-refractivity contribution >= 4 is 23.1 Å². The molecule has 1 aliphatic carbocycles. The fourth-order valence-corrected chi connectivity index (χ4v) is 4.63. The highest BCUT2D eigenvalue weighted by Crippen LogP contribution is 2.52. The van der Waals surface area contributed by atoms with Gasteiger partial charge in [0.15, 0.2) is 23.1 Å². The number of carbonyl (C=O) groups is 4. The Kier molecular flexibility index (Phi) is 6.16. The summed E-state index contributed by atoms with van der Waals surface area (Å²) in [4.78, 5) is 52.2. The van der Waals surface area contributed by atoms with Crippen LogP contribution in [0.2, 0.25) is 0 Å². The Morgan fingerprint density at radius 3 is 1.71 bits per heavy atom. The molecule has 2 rings (SSSR count). The first-order valence-corrected chi connectivity index (χ1v) is 10.4. The molecule has 7 heteroatoms. The minimum Gasteiger partial charge on any atom is -0.507 e. The van der Waals surface area contributed by atoms with Gasteiger partial charge in [0.25, 0.3) is 0 Å². The lowest BCUT2D eigenvalue weighted by Gasteiger charge is -2.44. The normalized spacial score (nSPS) is 19.9. The molecule has 3 N–H and O–H groups in total. The first kappa shape index (κ1) is 24.6. The van der Waals surface area contributed by atoms with Gasteiger partial charge in [-0.1, -0.05) is 27.7 Å². The monoisotopic (exact) mass is 432 g/mol. The van der Waals surface area contributed by atoms with E-state index in [2.05, 4.69) is 0 Å². The predicted octanol–water partition coefficient (Wildman–Crippen LogP) is 3.77. The standard InChI is InChI=1S/C24H32O7/c1-10(2)14(17-20(29)23(5,6)22(31)24(7,8)21(17)30)15-12(25)9-13(26)16(19(15)28)18(27)11(3)4/h9-11,14,17,25-26,28H,1-8H3/t14-/m1/s1. The number of ketones is 4. The minimum absolute atomic E-state index is 0.149. The number of benzene rings is 1. The van der Waals surface area contributed by atoms with Crippen LogP contribution < -0.4 is 0 Å². The molecule has 1 aromatic carbocycles. The van der Waals surface area contributed by atoms with E-state index in [-0.39, 0.29) is 11.1 Å². The van der Waals surface area contributed by atoms with Crippen molar-refractivity contribution in [2.24, 2.45) is 28.6 Å². The lowest BCUT2D eigenvalue weighted by Crippen LogP contribution is -2.59. The zero-order valence-corrected chi connectivity index (χ0v) is 19.4. The second kappa shape index (κ2) is 7.77. The van der Waals surface area contributed by atoms with Crippen LogP contribution >= 0.6 is 0 Å². The molecule has 0 radical (unpaired) electrons. The van der Waals surface area contributed by atoms with Crippen LogP contribution in [-0.2, 0) is 14.4 Å². The van der Waals surface area contributed by atoms with Gasteiger partial charge in [0.05, 0.1) is 16.7 Å². The molecular weight excluding hydrogens is 400 g/mol. The van der Waals surface area contributed by atoms with Gasteiger partial charge in [-0.05, 0) is 33.6 Å².